The topological polar surface area (TPSA) is 36.7 Å². The first-order valence-electron chi connectivity index (χ1n) is 5.79. The number of rotatable bonds is 2. The highest BCUT2D eigenvalue weighted by atomic mass is 79.9. The molecule has 0 saturated carbocycles. The van der Waals surface area contributed by atoms with Crippen LogP contribution in [0.4, 0.5) is 0 Å². The van der Waals surface area contributed by atoms with E-state index in [0.717, 1.165) is 25.9 Å². The third kappa shape index (κ3) is 2.90. The summed E-state index contributed by atoms with van der Waals surface area (Å²) in [6.07, 6.45) is 2.20. The molecule has 0 radical (unpaired) electrons. The second kappa shape index (κ2) is 5.23. The van der Waals surface area contributed by atoms with E-state index < -0.39 is 0 Å². The molecule has 2 heterocycles. The summed E-state index contributed by atoms with van der Waals surface area (Å²) >= 11 is 3.21. The molecule has 0 aromatic carbocycles. The van der Waals surface area contributed by atoms with Crippen LogP contribution in [-0.4, -0.2) is 48.9 Å². The number of hydrogen-bond acceptors (Lipinski definition) is 3. The van der Waals surface area contributed by atoms with E-state index in [1.54, 1.807) is 17.0 Å². The number of piperidine rings is 1. The van der Waals surface area contributed by atoms with Crippen molar-refractivity contribution >= 4 is 21.8 Å². The van der Waals surface area contributed by atoms with Gasteiger partial charge in [0.1, 0.15) is 0 Å². The smallest absolute Gasteiger partial charge is 0.289 e. The Morgan fingerprint density at radius 1 is 1.59 bits per heavy atom. The fourth-order valence-corrected chi connectivity index (χ4v) is 2.53. The van der Waals surface area contributed by atoms with Crippen LogP contribution in [0.15, 0.2) is 21.2 Å². The molecule has 5 heteroatoms. The lowest BCUT2D eigenvalue weighted by Crippen LogP contribution is -2.47. The molecule has 1 aromatic heterocycles. The van der Waals surface area contributed by atoms with Crippen LogP contribution < -0.4 is 0 Å². The molecular formula is C12H17BrN2O2. The summed E-state index contributed by atoms with van der Waals surface area (Å²) in [6, 6.07) is 3.73. The van der Waals surface area contributed by atoms with Crippen molar-refractivity contribution in [2.45, 2.75) is 18.9 Å². The van der Waals surface area contributed by atoms with Crippen molar-refractivity contribution in [1.82, 2.24) is 9.80 Å². The minimum Gasteiger partial charge on any atom is -0.444 e. The van der Waals surface area contributed by atoms with Crippen LogP contribution in [0.2, 0.25) is 0 Å². The lowest BCUT2D eigenvalue weighted by atomic mass is 10.0. The minimum atomic E-state index is -0.0454. The number of hydrogen-bond donors (Lipinski definition) is 0. The summed E-state index contributed by atoms with van der Waals surface area (Å²) in [7, 11) is 3.94. The average Bonchev–Trinajstić information content (AvgIpc) is 2.74. The van der Waals surface area contributed by atoms with E-state index in [0.29, 0.717) is 10.4 Å². The monoisotopic (exact) mass is 300 g/mol. The molecular weight excluding hydrogens is 284 g/mol. The molecule has 4 nitrogen and oxygen atoms in total. The minimum absolute atomic E-state index is 0.0454. The Morgan fingerprint density at radius 2 is 2.35 bits per heavy atom. The molecule has 1 unspecified atom stereocenters. The highest BCUT2D eigenvalue weighted by molar-refractivity contribution is 9.10. The highest BCUT2D eigenvalue weighted by Gasteiger charge is 2.26. The van der Waals surface area contributed by atoms with Crippen LogP contribution in [0, 0.1) is 0 Å². The Labute approximate surface area is 110 Å². The Bertz CT molecular complexity index is 405. The van der Waals surface area contributed by atoms with E-state index in [1.807, 2.05) is 7.05 Å². The number of nitrogens with zero attached hydrogens (tertiary/aromatic N) is 2. The zero-order chi connectivity index (χ0) is 12.4. The van der Waals surface area contributed by atoms with Gasteiger partial charge in [-0.3, -0.25) is 4.79 Å². The second-order valence-corrected chi connectivity index (χ2v) is 5.36. The molecule has 1 amide bonds. The first-order chi connectivity index (χ1) is 8.08. The summed E-state index contributed by atoms with van der Waals surface area (Å²) < 4.78 is 5.89. The number of amides is 1. The van der Waals surface area contributed by atoms with Crippen LogP contribution in [0.25, 0.3) is 0 Å². The highest BCUT2D eigenvalue weighted by Crippen LogP contribution is 2.19. The van der Waals surface area contributed by atoms with Crippen molar-refractivity contribution in [3.63, 3.8) is 0 Å². The van der Waals surface area contributed by atoms with E-state index >= 15 is 0 Å². The Balaban J connectivity index is 2.04. The van der Waals surface area contributed by atoms with Crippen LogP contribution in [0.1, 0.15) is 23.4 Å². The van der Waals surface area contributed by atoms with E-state index in [4.69, 9.17) is 4.42 Å². The summed E-state index contributed by atoms with van der Waals surface area (Å²) in [6.45, 7) is 2.05. The standard InChI is InChI=1S/C12H17BrN2O2/c1-14-7-3-4-9(8-14)15(2)12(16)10-5-6-11(13)17-10/h5-6,9H,3-4,7-8H2,1-2H3. The van der Waals surface area contributed by atoms with Crippen molar-refractivity contribution in [2.75, 3.05) is 27.2 Å². The molecule has 1 atom stereocenters. The summed E-state index contributed by atoms with van der Waals surface area (Å²) in [5.41, 5.74) is 0. The molecule has 94 valence electrons. The lowest BCUT2D eigenvalue weighted by molar-refractivity contribution is 0.0612. The van der Waals surface area contributed by atoms with Gasteiger partial charge in [-0.25, -0.2) is 0 Å². The number of carbonyl (C=O) groups excluding carboxylic acids is 1. The van der Waals surface area contributed by atoms with E-state index in [1.165, 1.54) is 0 Å². The van der Waals surface area contributed by atoms with Gasteiger partial charge < -0.3 is 14.2 Å². The SMILES string of the molecule is CN1CCCC(N(C)C(=O)c2ccc(Br)o2)C1. The fourth-order valence-electron chi connectivity index (χ4n) is 2.22. The van der Waals surface area contributed by atoms with Crippen molar-refractivity contribution in [2.24, 2.45) is 0 Å². The predicted molar refractivity (Wildman–Crippen MR) is 69.0 cm³/mol. The molecule has 0 aliphatic carbocycles. The fraction of sp³-hybridized carbons (Fsp3) is 0.583. The van der Waals surface area contributed by atoms with E-state index in [-0.39, 0.29) is 11.9 Å². The van der Waals surface area contributed by atoms with E-state index in [9.17, 15) is 4.79 Å². The average molecular weight is 301 g/mol. The van der Waals surface area contributed by atoms with Gasteiger partial charge in [-0.05, 0) is 54.5 Å². The van der Waals surface area contributed by atoms with E-state index in [2.05, 4.69) is 27.9 Å². The van der Waals surface area contributed by atoms with Crippen molar-refractivity contribution in [1.29, 1.82) is 0 Å². The lowest BCUT2D eigenvalue weighted by Gasteiger charge is -2.35. The first kappa shape index (κ1) is 12.6. The number of likely N-dealkylation sites (tertiary alicyclic amines) is 1. The summed E-state index contributed by atoms with van der Waals surface area (Å²) in [5, 5.41) is 0. The van der Waals surface area contributed by atoms with Gasteiger partial charge in [0, 0.05) is 19.6 Å². The molecule has 0 bridgehead atoms. The summed E-state index contributed by atoms with van der Waals surface area (Å²) in [5.74, 6) is 0.351. The quantitative estimate of drug-likeness (QED) is 0.840. The van der Waals surface area contributed by atoms with Gasteiger partial charge in [-0.15, -0.1) is 0 Å². The van der Waals surface area contributed by atoms with Gasteiger partial charge in [0.15, 0.2) is 10.4 Å². The van der Waals surface area contributed by atoms with Crippen LogP contribution in [-0.2, 0) is 0 Å². The maximum atomic E-state index is 12.2. The summed E-state index contributed by atoms with van der Waals surface area (Å²) in [4.78, 5) is 16.2. The number of furan rings is 1. The maximum Gasteiger partial charge on any atom is 0.289 e. The Hall–Kier alpha value is -0.810. The third-order valence-corrected chi connectivity index (χ3v) is 3.68. The van der Waals surface area contributed by atoms with Gasteiger partial charge in [0.2, 0.25) is 0 Å². The number of likely N-dealkylation sites (N-methyl/N-ethyl adjacent to an activating group) is 2. The number of halogens is 1. The van der Waals surface area contributed by atoms with Crippen LogP contribution in [0.3, 0.4) is 0 Å². The van der Waals surface area contributed by atoms with Crippen LogP contribution >= 0.6 is 15.9 Å². The van der Waals surface area contributed by atoms with Gasteiger partial charge in [0.25, 0.3) is 5.91 Å². The molecule has 1 aliphatic rings. The van der Waals surface area contributed by atoms with Gasteiger partial charge >= 0.3 is 0 Å². The third-order valence-electron chi connectivity index (χ3n) is 3.25. The van der Waals surface area contributed by atoms with Gasteiger partial charge in [0.05, 0.1) is 0 Å². The first-order valence-corrected chi connectivity index (χ1v) is 6.58. The molecule has 17 heavy (non-hydrogen) atoms. The second-order valence-electron chi connectivity index (χ2n) is 4.58. The van der Waals surface area contributed by atoms with Gasteiger partial charge in [-0.2, -0.15) is 0 Å². The molecule has 2 rings (SSSR count). The molecule has 0 spiro atoms. The predicted octanol–water partition coefficient (Wildman–Crippen LogP) is 2.21. The Morgan fingerprint density at radius 3 is 2.94 bits per heavy atom. The van der Waals surface area contributed by atoms with Crippen molar-refractivity contribution < 1.29 is 9.21 Å². The normalized spacial score (nSPS) is 21.5. The molecule has 1 saturated heterocycles. The maximum absolute atomic E-state index is 12.2. The number of carbonyl (C=O) groups is 1. The zero-order valence-corrected chi connectivity index (χ0v) is 11.7. The molecule has 1 aromatic rings. The van der Waals surface area contributed by atoms with Crippen molar-refractivity contribution in [3.8, 4) is 0 Å². The Kier molecular flexibility index (Phi) is 3.89. The van der Waals surface area contributed by atoms with Crippen LogP contribution in [0.5, 0.6) is 0 Å². The van der Waals surface area contributed by atoms with Crippen molar-refractivity contribution in [3.05, 3.63) is 22.6 Å². The zero-order valence-electron chi connectivity index (χ0n) is 10.1. The van der Waals surface area contributed by atoms with Gasteiger partial charge in [-0.1, -0.05) is 0 Å². The molecule has 0 N–H and O–H groups in total. The molecule has 1 fully saturated rings. The largest absolute Gasteiger partial charge is 0.444 e. The molecule has 1 aliphatic heterocycles.